The maximum Gasteiger partial charge on any atom is 0.309 e. The molecule has 0 aliphatic carbocycles. The second-order valence-corrected chi connectivity index (χ2v) is 4.84. The van der Waals surface area contributed by atoms with Gasteiger partial charge in [-0.05, 0) is 18.6 Å². The highest BCUT2D eigenvalue weighted by Gasteiger charge is 2.40. The van der Waals surface area contributed by atoms with E-state index in [4.69, 9.17) is 10.2 Å². The Morgan fingerprint density at radius 3 is 2.43 bits per heavy atom. The number of aliphatic carboxylic acids is 2. The monoisotopic (exact) mass is 294 g/mol. The van der Waals surface area contributed by atoms with Crippen LogP contribution in [0.4, 0.5) is 0 Å². The quantitative estimate of drug-likeness (QED) is 0.697. The Labute approximate surface area is 119 Å². The number of carboxylic acid groups (broad SMARTS) is 2. The van der Waals surface area contributed by atoms with E-state index in [1.165, 1.54) is 23.2 Å². The lowest BCUT2D eigenvalue weighted by Crippen LogP contribution is -2.49. The molecule has 1 aliphatic heterocycles. The topological polar surface area (TPSA) is 128 Å². The first kappa shape index (κ1) is 14.8. The molecule has 2 rings (SSSR count). The largest absolute Gasteiger partial charge is 0.481 e. The van der Waals surface area contributed by atoms with Crippen LogP contribution >= 0.6 is 0 Å². The van der Waals surface area contributed by atoms with Gasteiger partial charge in [0.1, 0.15) is 5.56 Å². The minimum Gasteiger partial charge on any atom is -0.481 e. The van der Waals surface area contributed by atoms with Crippen LogP contribution in [0.1, 0.15) is 16.8 Å². The zero-order valence-corrected chi connectivity index (χ0v) is 11.0. The van der Waals surface area contributed by atoms with Crippen LogP contribution in [0.5, 0.6) is 0 Å². The number of aromatic amines is 1. The molecule has 1 aromatic heterocycles. The third-order valence-electron chi connectivity index (χ3n) is 3.58. The summed E-state index contributed by atoms with van der Waals surface area (Å²) in [4.78, 5) is 49.6. The van der Waals surface area contributed by atoms with Crippen molar-refractivity contribution in [3.8, 4) is 0 Å². The molecule has 1 aliphatic rings. The van der Waals surface area contributed by atoms with Crippen LogP contribution in [-0.4, -0.2) is 51.0 Å². The number of likely N-dealkylation sites (tertiary alicyclic amines) is 1. The predicted octanol–water partition coefficient (Wildman–Crippen LogP) is -0.378. The van der Waals surface area contributed by atoms with Gasteiger partial charge >= 0.3 is 11.9 Å². The Kier molecular flexibility index (Phi) is 4.06. The molecule has 8 nitrogen and oxygen atoms in total. The van der Waals surface area contributed by atoms with Crippen molar-refractivity contribution in [2.24, 2.45) is 11.8 Å². The number of carbonyl (C=O) groups excluding carboxylic acids is 1. The van der Waals surface area contributed by atoms with E-state index in [0.717, 1.165) is 0 Å². The highest BCUT2D eigenvalue weighted by atomic mass is 16.4. The molecule has 0 radical (unpaired) electrons. The predicted molar refractivity (Wildman–Crippen MR) is 69.8 cm³/mol. The molecule has 1 saturated heterocycles. The van der Waals surface area contributed by atoms with E-state index in [9.17, 15) is 19.2 Å². The standard InChI is InChI=1S/C13H14N2O6/c16-10-8(2-1-4-14-10)11(17)15-5-3-7(12(18)19)9(6-15)13(20)21/h1-2,4,7,9H,3,5-6H2,(H,14,16)(H,18,19)(H,20,21). The van der Waals surface area contributed by atoms with Crippen LogP contribution in [0.2, 0.25) is 0 Å². The van der Waals surface area contributed by atoms with Gasteiger partial charge < -0.3 is 20.1 Å². The number of nitrogens with one attached hydrogen (secondary N) is 1. The van der Waals surface area contributed by atoms with Gasteiger partial charge in [0.05, 0.1) is 11.8 Å². The first-order valence-electron chi connectivity index (χ1n) is 6.34. The number of aromatic nitrogens is 1. The third-order valence-corrected chi connectivity index (χ3v) is 3.58. The van der Waals surface area contributed by atoms with E-state index in [-0.39, 0.29) is 25.1 Å². The fourth-order valence-electron chi connectivity index (χ4n) is 2.44. The van der Waals surface area contributed by atoms with Crippen LogP contribution in [0, 0.1) is 11.8 Å². The summed E-state index contributed by atoms with van der Waals surface area (Å²) in [5.41, 5.74) is -0.648. The van der Waals surface area contributed by atoms with Crippen molar-refractivity contribution < 1.29 is 24.6 Å². The number of pyridine rings is 1. The fraction of sp³-hybridized carbons (Fsp3) is 0.385. The highest BCUT2D eigenvalue weighted by molar-refractivity contribution is 5.94. The molecule has 0 spiro atoms. The molecule has 0 aromatic carbocycles. The van der Waals surface area contributed by atoms with Crippen LogP contribution in [0.3, 0.4) is 0 Å². The number of piperidine rings is 1. The number of H-pyrrole nitrogens is 1. The van der Waals surface area contributed by atoms with E-state index in [2.05, 4.69) is 4.98 Å². The Morgan fingerprint density at radius 1 is 1.19 bits per heavy atom. The van der Waals surface area contributed by atoms with Crippen molar-refractivity contribution in [2.75, 3.05) is 13.1 Å². The van der Waals surface area contributed by atoms with Crippen molar-refractivity contribution in [1.29, 1.82) is 0 Å². The Morgan fingerprint density at radius 2 is 1.86 bits per heavy atom. The number of nitrogens with zero attached hydrogens (tertiary/aromatic N) is 1. The molecule has 2 unspecified atom stereocenters. The first-order chi connectivity index (χ1) is 9.91. The van der Waals surface area contributed by atoms with Gasteiger partial charge in [0.2, 0.25) is 0 Å². The summed E-state index contributed by atoms with van der Waals surface area (Å²) in [6.45, 7) is -0.118. The van der Waals surface area contributed by atoms with Crippen LogP contribution in [0.25, 0.3) is 0 Å². The minimum atomic E-state index is -1.26. The van der Waals surface area contributed by atoms with Crippen LogP contribution < -0.4 is 5.56 Å². The van der Waals surface area contributed by atoms with E-state index in [1.807, 2.05) is 0 Å². The molecule has 0 saturated carbocycles. The molecule has 21 heavy (non-hydrogen) atoms. The van der Waals surface area contributed by atoms with Gasteiger partial charge in [-0.15, -0.1) is 0 Å². The zero-order valence-electron chi connectivity index (χ0n) is 11.0. The van der Waals surface area contributed by atoms with E-state index >= 15 is 0 Å². The van der Waals surface area contributed by atoms with Crippen molar-refractivity contribution in [2.45, 2.75) is 6.42 Å². The second kappa shape index (κ2) is 5.78. The summed E-state index contributed by atoms with van der Waals surface area (Å²) in [5, 5.41) is 18.1. The number of carboxylic acids is 2. The van der Waals surface area contributed by atoms with Gasteiger partial charge in [-0.1, -0.05) is 0 Å². The summed E-state index contributed by atoms with van der Waals surface area (Å²) < 4.78 is 0. The van der Waals surface area contributed by atoms with Crippen molar-refractivity contribution in [3.63, 3.8) is 0 Å². The Hall–Kier alpha value is -2.64. The SMILES string of the molecule is O=C(O)C1CCN(C(=O)c2ccc[nH]c2=O)CC1C(=O)O. The van der Waals surface area contributed by atoms with Gasteiger partial charge in [0.15, 0.2) is 0 Å². The molecule has 0 bridgehead atoms. The van der Waals surface area contributed by atoms with Crippen molar-refractivity contribution in [1.82, 2.24) is 9.88 Å². The minimum absolute atomic E-state index is 0.0444. The molecule has 2 atom stereocenters. The lowest BCUT2D eigenvalue weighted by atomic mass is 9.85. The Bertz CT molecular complexity index is 638. The van der Waals surface area contributed by atoms with E-state index < -0.39 is 35.2 Å². The van der Waals surface area contributed by atoms with E-state index in [1.54, 1.807) is 0 Å². The fourth-order valence-corrected chi connectivity index (χ4v) is 2.44. The Balaban J connectivity index is 2.22. The molecule has 1 aromatic rings. The molecule has 2 heterocycles. The zero-order chi connectivity index (χ0) is 15.6. The smallest absolute Gasteiger partial charge is 0.309 e. The van der Waals surface area contributed by atoms with Crippen molar-refractivity contribution >= 4 is 17.8 Å². The molecular formula is C13H14N2O6. The van der Waals surface area contributed by atoms with Crippen LogP contribution in [0.15, 0.2) is 23.1 Å². The summed E-state index contributed by atoms with van der Waals surface area (Å²) in [7, 11) is 0. The van der Waals surface area contributed by atoms with Crippen LogP contribution in [-0.2, 0) is 9.59 Å². The van der Waals surface area contributed by atoms with Gasteiger partial charge in [-0.2, -0.15) is 0 Å². The molecule has 3 N–H and O–H groups in total. The average molecular weight is 294 g/mol. The summed E-state index contributed by atoms with van der Waals surface area (Å²) in [5.74, 6) is -5.25. The first-order valence-corrected chi connectivity index (χ1v) is 6.34. The number of rotatable bonds is 3. The normalized spacial score (nSPS) is 21.8. The molecule has 1 amide bonds. The molecular weight excluding hydrogens is 280 g/mol. The number of carbonyl (C=O) groups is 3. The third kappa shape index (κ3) is 2.93. The maximum absolute atomic E-state index is 12.2. The number of amides is 1. The van der Waals surface area contributed by atoms with E-state index in [0.29, 0.717) is 0 Å². The number of hydrogen-bond donors (Lipinski definition) is 3. The highest BCUT2D eigenvalue weighted by Crippen LogP contribution is 2.25. The molecule has 8 heteroatoms. The summed E-state index contributed by atoms with van der Waals surface area (Å²) in [6.07, 6.45) is 1.43. The number of hydrogen-bond acceptors (Lipinski definition) is 4. The molecule has 1 fully saturated rings. The van der Waals surface area contributed by atoms with Gasteiger partial charge in [0.25, 0.3) is 11.5 Å². The lowest BCUT2D eigenvalue weighted by molar-refractivity contribution is -0.156. The average Bonchev–Trinajstić information content (AvgIpc) is 2.46. The van der Waals surface area contributed by atoms with Gasteiger partial charge in [-0.3, -0.25) is 19.2 Å². The summed E-state index contributed by atoms with van der Waals surface area (Å²) in [6, 6.07) is 2.84. The summed E-state index contributed by atoms with van der Waals surface area (Å²) >= 11 is 0. The van der Waals surface area contributed by atoms with Crippen molar-refractivity contribution in [3.05, 3.63) is 34.2 Å². The van der Waals surface area contributed by atoms with Gasteiger partial charge in [-0.25, -0.2) is 0 Å². The lowest BCUT2D eigenvalue weighted by Gasteiger charge is -2.34. The second-order valence-electron chi connectivity index (χ2n) is 4.84. The van der Waals surface area contributed by atoms with Gasteiger partial charge in [0, 0.05) is 19.3 Å². The maximum atomic E-state index is 12.2. The molecule has 112 valence electrons.